The highest BCUT2D eigenvalue weighted by atomic mass is 127. The van der Waals surface area contributed by atoms with Gasteiger partial charge in [-0.05, 0) is 61.9 Å². The number of carbonyl (C=O) groups excluding carboxylic acids is 1. The fraction of sp³-hybridized carbons (Fsp3) is 0.550. The highest BCUT2D eigenvalue weighted by Crippen LogP contribution is 2.63. The molecule has 1 aromatic rings. The summed E-state index contributed by atoms with van der Waals surface area (Å²) in [5.41, 5.74) is 0.454. The van der Waals surface area contributed by atoms with Crippen molar-refractivity contribution in [1.29, 1.82) is 0 Å². The van der Waals surface area contributed by atoms with E-state index in [-0.39, 0.29) is 11.8 Å². The third kappa shape index (κ3) is 1.72. The number of ether oxygens (including phenoxy) is 1. The van der Waals surface area contributed by atoms with Crippen LogP contribution in [0.5, 0.6) is 11.5 Å². The van der Waals surface area contributed by atoms with Crippen LogP contribution in [0.15, 0.2) is 24.3 Å². The summed E-state index contributed by atoms with van der Waals surface area (Å²) < 4.78 is 11.7. The van der Waals surface area contributed by atoms with Gasteiger partial charge in [0.2, 0.25) is 0 Å². The first kappa shape index (κ1) is 15.9. The molecule has 1 saturated carbocycles. The molecule has 0 unspecified atom stereocenters. The molecule has 1 spiro atoms. The summed E-state index contributed by atoms with van der Waals surface area (Å²) in [4.78, 5) is 15.2. The Balaban J connectivity index is 1.59. The zero-order valence-electron chi connectivity index (χ0n) is 14.3. The van der Waals surface area contributed by atoms with E-state index in [1.807, 2.05) is 29.1 Å². The molecule has 26 heavy (non-hydrogen) atoms. The van der Waals surface area contributed by atoms with Crippen molar-refractivity contribution >= 4 is 28.8 Å². The number of halogens is 1. The lowest BCUT2D eigenvalue weighted by Crippen LogP contribution is -2.75. The van der Waals surface area contributed by atoms with Gasteiger partial charge in [-0.2, -0.15) is 0 Å². The van der Waals surface area contributed by atoms with Gasteiger partial charge in [0, 0.05) is 18.2 Å². The van der Waals surface area contributed by atoms with Gasteiger partial charge in [0.05, 0.1) is 5.41 Å². The molecule has 6 heteroatoms. The van der Waals surface area contributed by atoms with Crippen LogP contribution in [-0.2, 0) is 16.6 Å². The SMILES string of the molecule is O=C1C=C[C@@]2(O)[C@H]3Cc4ccc(OI)c5c4[C@@]2(CCN3CC2CC2)[C@H]1O5. The average Bonchev–Trinajstić information content (AvgIpc) is 3.37. The zero-order valence-corrected chi connectivity index (χ0v) is 16.4. The number of hydrogen-bond donors (Lipinski definition) is 1. The molecule has 0 aromatic heterocycles. The van der Waals surface area contributed by atoms with Gasteiger partial charge in [-0.1, -0.05) is 6.07 Å². The topological polar surface area (TPSA) is 59.0 Å². The van der Waals surface area contributed by atoms with Crippen LogP contribution in [0.3, 0.4) is 0 Å². The Morgan fingerprint density at radius 1 is 1.38 bits per heavy atom. The number of likely N-dealkylation sites (tertiary alicyclic amines) is 1. The summed E-state index contributed by atoms with van der Waals surface area (Å²) in [5, 5.41) is 12.0. The second-order valence-electron chi connectivity index (χ2n) is 8.44. The Morgan fingerprint density at radius 3 is 3.00 bits per heavy atom. The first-order chi connectivity index (χ1) is 12.6. The molecule has 2 aliphatic heterocycles. The first-order valence-electron chi connectivity index (χ1n) is 9.39. The van der Waals surface area contributed by atoms with Crippen LogP contribution >= 0.6 is 23.0 Å². The summed E-state index contributed by atoms with van der Waals surface area (Å²) >= 11 is 1.85. The van der Waals surface area contributed by atoms with E-state index in [1.165, 1.54) is 24.5 Å². The molecule has 4 atom stereocenters. The lowest BCUT2D eigenvalue weighted by Gasteiger charge is -2.60. The molecule has 6 rings (SSSR count). The van der Waals surface area contributed by atoms with Gasteiger partial charge in [0.1, 0.15) is 5.60 Å². The van der Waals surface area contributed by atoms with Gasteiger partial charge in [-0.3, -0.25) is 9.69 Å². The van der Waals surface area contributed by atoms with Crippen LogP contribution in [-0.4, -0.2) is 46.6 Å². The van der Waals surface area contributed by atoms with E-state index in [2.05, 4.69) is 11.0 Å². The number of benzene rings is 1. The monoisotopic (exact) mass is 465 g/mol. The molecular weight excluding hydrogens is 445 g/mol. The van der Waals surface area contributed by atoms with Crippen molar-refractivity contribution in [3.05, 3.63) is 35.4 Å². The Hall–Kier alpha value is -1.12. The van der Waals surface area contributed by atoms with E-state index >= 15 is 0 Å². The lowest BCUT2D eigenvalue weighted by molar-refractivity contribution is -0.155. The molecule has 2 fully saturated rings. The summed E-state index contributed by atoms with van der Waals surface area (Å²) in [6.07, 6.45) is 6.77. The molecule has 1 aromatic carbocycles. The third-order valence-electron chi connectivity index (χ3n) is 7.24. The molecular formula is C20H20INO4. The van der Waals surface area contributed by atoms with Crippen LogP contribution in [0.4, 0.5) is 0 Å². The van der Waals surface area contributed by atoms with E-state index in [1.54, 1.807) is 6.08 Å². The fourth-order valence-electron chi connectivity index (χ4n) is 5.91. The Kier molecular flexibility index (Phi) is 3.07. The molecule has 1 N–H and O–H groups in total. The molecule has 136 valence electrons. The van der Waals surface area contributed by atoms with Crippen molar-refractivity contribution in [2.75, 3.05) is 13.1 Å². The second-order valence-corrected chi connectivity index (χ2v) is 8.88. The molecule has 0 radical (unpaired) electrons. The van der Waals surface area contributed by atoms with E-state index < -0.39 is 17.1 Å². The number of rotatable bonds is 3. The lowest BCUT2D eigenvalue weighted by atomic mass is 9.51. The standard InChI is InChI=1S/C20H20INO4/c21-26-14-4-3-12-9-15-20(24)6-5-13(23)18-19(20,16(12)17(14)25-18)7-8-22(15)10-11-1-2-11/h3-6,11,15,18,24H,1-2,7-10H2/t15-,18+,19+,20-/m1/s1. The van der Waals surface area contributed by atoms with Crippen LogP contribution in [0.25, 0.3) is 0 Å². The van der Waals surface area contributed by atoms with Crippen molar-refractivity contribution in [2.45, 2.75) is 48.8 Å². The molecule has 2 heterocycles. The average molecular weight is 465 g/mol. The van der Waals surface area contributed by atoms with Crippen molar-refractivity contribution in [3.8, 4) is 11.5 Å². The Bertz CT molecular complexity index is 866. The maximum atomic E-state index is 12.8. The first-order valence-corrected chi connectivity index (χ1v) is 10.3. The highest BCUT2D eigenvalue weighted by molar-refractivity contribution is 14.1. The summed E-state index contributed by atoms with van der Waals surface area (Å²) in [6, 6.07) is 4.02. The maximum absolute atomic E-state index is 12.8. The smallest absolute Gasteiger partial charge is 0.196 e. The summed E-state index contributed by atoms with van der Waals surface area (Å²) in [5.74, 6) is 2.02. The predicted octanol–water partition coefficient (Wildman–Crippen LogP) is 2.32. The quantitative estimate of drug-likeness (QED) is 0.695. The van der Waals surface area contributed by atoms with Crippen molar-refractivity contribution in [3.63, 3.8) is 0 Å². The van der Waals surface area contributed by atoms with Crippen molar-refractivity contribution in [1.82, 2.24) is 4.90 Å². The zero-order chi connectivity index (χ0) is 17.7. The molecule has 5 nitrogen and oxygen atoms in total. The number of piperidine rings is 1. The van der Waals surface area contributed by atoms with Crippen LogP contribution in [0, 0.1) is 5.92 Å². The van der Waals surface area contributed by atoms with Crippen LogP contribution in [0.2, 0.25) is 0 Å². The highest BCUT2D eigenvalue weighted by Gasteiger charge is 2.72. The van der Waals surface area contributed by atoms with Crippen molar-refractivity contribution in [2.24, 2.45) is 5.92 Å². The van der Waals surface area contributed by atoms with E-state index in [0.717, 1.165) is 37.4 Å². The van der Waals surface area contributed by atoms with Gasteiger partial charge in [-0.25, -0.2) is 0 Å². The van der Waals surface area contributed by atoms with E-state index in [4.69, 9.17) is 7.80 Å². The van der Waals surface area contributed by atoms with Gasteiger partial charge in [-0.15, -0.1) is 0 Å². The van der Waals surface area contributed by atoms with E-state index in [9.17, 15) is 9.90 Å². The maximum Gasteiger partial charge on any atom is 0.196 e. The molecule has 1 saturated heterocycles. The van der Waals surface area contributed by atoms with E-state index in [0.29, 0.717) is 11.5 Å². The number of nitrogens with zero attached hydrogens (tertiary/aromatic N) is 1. The molecule has 0 amide bonds. The number of ketones is 1. The van der Waals surface area contributed by atoms with Crippen molar-refractivity contribution < 1.29 is 17.7 Å². The van der Waals surface area contributed by atoms with Gasteiger partial charge >= 0.3 is 0 Å². The number of carbonyl (C=O) groups is 1. The minimum Gasteiger partial charge on any atom is -0.477 e. The van der Waals surface area contributed by atoms with Crippen LogP contribution < -0.4 is 7.80 Å². The molecule has 2 bridgehead atoms. The van der Waals surface area contributed by atoms with Crippen LogP contribution in [0.1, 0.15) is 30.4 Å². The molecule has 5 aliphatic rings. The summed E-state index contributed by atoms with van der Waals surface area (Å²) in [7, 11) is 0. The van der Waals surface area contributed by atoms with Gasteiger partial charge in [0.25, 0.3) is 0 Å². The number of hydrogen-bond acceptors (Lipinski definition) is 5. The normalized spacial score (nSPS) is 39.5. The molecule has 3 aliphatic carbocycles. The Labute approximate surface area is 166 Å². The largest absolute Gasteiger partial charge is 0.477 e. The van der Waals surface area contributed by atoms with Gasteiger partial charge in [0.15, 0.2) is 46.4 Å². The predicted molar refractivity (Wildman–Crippen MR) is 103 cm³/mol. The minimum absolute atomic E-state index is 0.00267. The van der Waals surface area contributed by atoms with Gasteiger partial charge < -0.3 is 12.9 Å². The summed E-state index contributed by atoms with van der Waals surface area (Å²) in [6.45, 7) is 1.95. The number of aliphatic hydroxyl groups is 1. The Morgan fingerprint density at radius 2 is 2.23 bits per heavy atom. The second kappa shape index (κ2) is 5.02. The minimum atomic E-state index is -1.07. The fourth-order valence-corrected chi connectivity index (χ4v) is 6.26. The third-order valence-corrected chi connectivity index (χ3v) is 7.71.